The van der Waals surface area contributed by atoms with Crippen LogP contribution in [0.1, 0.15) is 70.4 Å². The van der Waals surface area contributed by atoms with E-state index in [2.05, 4.69) is 61.0 Å². The van der Waals surface area contributed by atoms with Crippen LogP contribution in [-0.4, -0.2) is 60.7 Å². The number of hydrogen-bond acceptors (Lipinski definition) is 6. The summed E-state index contributed by atoms with van der Waals surface area (Å²) >= 11 is 0.910. The van der Waals surface area contributed by atoms with Crippen LogP contribution in [0.2, 0.25) is 13.3 Å². The van der Waals surface area contributed by atoms with Crippen LogP contribution in [0.3, 0.4) is 0 Å². The fourth-order valence-corrected chi connectivity index (χ4v) is 23.3. The van der Waals surface area contributed by atoms with Crippen molar-refractivity contribution in [1.29, 1.82) is 0 Å². The Kier molecular flexibility index (Phi) is 15.6. The van der Waals surface area contributed by atoms with Gasteiger partial charge in [0.15, 0.2) is 0 Å². The van der Waals surface area contributed by atoms with Crippen molar-refractivity contribution < 1.29 is 28.4 Å². The molecule has 2 aromatic rings. The Labute approximate surface area is 254 Å². The van der Waals surface area contributed by atoms with E-state index in [9.17, 15) is 0 Å². The third kappa shape index (κ3) is 8.71. The number of ether oxygens (including phenoxy) is 6. The maximum atomic E-state index is 5.89. The summed E-state index contributed by atoms with van der Waals surface area (Å²) in [5.74, 6) is 3.27. The van der Waals surface area contributed by atoms with E-state index in [1.54, 1.807) is 35.5 Å². The molecule has 0 N–H and O–H groups in total. The maximum absolute atomic E-state index is 5.89. The zero-order valence-corrected chi connectivity index (χ0v) is 30.2. The molecule has 0 heterocycles. The fourth-order valence-electron chi connectivity index (χ4n) is 5.34. The first-order chi connectivity index (χ1) is 19.4. The molecule has 2 rings (SSSR count). The van der Waals surface area contributed by atoms with Gasteiger partial charge < -0.3 is 0 Å². The van der Waals surface area contributed by atoms with E-state index in [1.165, 1.54) is 55.4 Å². The average molecular weight is 728 g/mol. The minimum atomic E-state index is -3.04. The monoisotopic (exact) mass is 728 g/mol. The molecule has 0 aliphatic carbocycles. The second-order valence-corrected chi connectivity index (χ2v) is 24.0. The molecule has 0 atom stereocenters. The molecule has 8 heteroatoms. The summed E-state index contributed by atoms with van der Waals surface area (Å²) in [5, 5.41) is 0. The third-order valence-corrected chi connectivity index (χ3v) is 23.9. The van der Waals surface area contributed by atoms with E-state index in [1.807, 2.05) is 6.07 Å². The van der Waals surface area contributed by atoms with Gasteiger partial charge in [-0.3, -0.25) is 0 Å². The van der Waals surface area contributed by atoms with Crippen molar-refractivity contribution in [2.75, 3.05) is 42.3 Å². The first-order valence-electron chi connectivity index (χ1n) is 14.4. The van der Waals surface area contributed by atoms with Crippen LogP contribution in [-0.2, 0) is 4.74 Å². The molecule has 0 saturated carbocycles. The van der Waals surface area contributed by atoms with Crippen LogP contribution in [0.25, 0.3) is 9.67 Å². The third-order valence-electron chi connectivity index (χ3n) is 7.49. The topological polar surface area (TPSA) is 55.4 Å². The first-order valence-corrected chi connectivity index (χ1v) is 22.7. The molecule has 0 fully saturated rings. The summed E-state index contributed by atoms with van der Waals surface area (Å²) in [4.78, 5) is 0. The normalized spacial score (nSPS) is 11.9. The summed E-state index contributed by atoms with van der Waals surface area (Å²) in [6.45, 7) is 7.06. The molecule has 0 aliphatic rings. The Bertz CT molecular complexity index is 1070. The summed E-state index contributed by atoms with van der Waals surface area (Å²) in [5.41, 5.74) is 2.22. The van der Waals surface area contributed by atoms with Crippen LogP contribution >= 0.6 is 15.9 Å². The molecular weight excluding hydrogens is 679 g/mol. The zero-order chi connectivity index (χ0) is 29.5. The number of rotatable bonds is 19. The Morgan fingerprint density at radius 2 is 1.30 bits per heavy atom. The van der Waals surface area contributed by atoms with Gasteiger partial charge in [0.05, 0.1) is 0 Å². The van der Waals surface area contributed by atoms with Crippen molar-refractivity contribution in [2.45, 2.75) is 72.6 Å². The Balaban J connectivity index is 2.98. The van der Waals surface area contributed by atoms with Gasteiger partial charge in [0, 0.05) is 0 Å². The molecule has 0 aliphatic heterocycles. The summed E-state index contributed by atoms with van der Waals surface area (Å²) in [6.07, 6.45) is 9.71. The first kappa shape index (κ1) is 34.6. The van der Waals surface area contributed by atoms with Crippen molar-refractivity contribution in [2.24, 2.45) is 0 Å². The Morgan fingerprint density at radius 3 is 1.77 bits per heavy atom. The number of benzene rings is 2. The van der Waals surface area contributed by atoms with Crippen molar-refractivity contribution in [3.8, 4) is 28.7 Å². The van der Waals surface area contributed by atoms with Crippen molar-refractivity contribution in [3.63, 3.8) is 0 Å². The number of hydrogen-bond donors (Lipinski definition) is 0. The molecule has 0 aromatic heterocycles. The van der Waals surface area contributed by atoms with Gasteiger partial charge in [0.25, 0.3) is 0 Å². The van der Waals surface area contributed by atoms with Crippen molar-refractivity contribution in [1.82, 2.24) is 0 Å². The van der Waals surface area contributed by atoms with Gasteiger partial charge in [-0.25, -0.2) is 0 Å². The predicted molar refractivity (Wildman–Crippen MR) is 172 cm³/mol. The quantitative estimate of drug-likeness (QED) is 0.0817. The second kappa shape index (κ2) is 18.1. The molecular formula is C32H49BrO6Sn. The predicted octanol–water partition coefficient (Wildman–Crippen LogP) is 9.40. The molecule has 0 amide bonds. The average Bonchev–Trinajstić information content (AvgIpc) is 2.98. The Hall–Kier alpha value is -1.58. The van der Waals surface area contributed by atoms with Gasteiger partial charge in [0.2, 0.25) is 0 Å². The second-order valence-electron chi connectivity index (χ2n) is 10.1. The van der Waals surface area contributed by atoms with Gasteiger partial charge >= 0.3 is 256 Å². The van der Waals surface area contributed by atoms with Crippen LogP contribution in [0.5, 0.6) is 28.7 Å². The van der Waals surface area contributed by atoms with Gasteiger partial charge in [-0.15, -0.1) is 0 Å². The number of methoxy groups -OCH3 is 5. The summed E-state index contributed by atoms with van der Waals surface area (Å²) in [7, 11) is 8.29. The van der Waals surface area contributed by atoms with E-state index in [0.29, 0.717) is 28.7 Å². The van der Waals surface area contributed by atoms with Gasteiger partial charge in [-0.2, -0.15) is 0 Å². The van der Waals surface area contributed by atoms with E-state index in [-0.39, 0.29) is 6.79 Å². The van der Waals surface area contributed by atoms with Crippen LogP contribution in [0, 0.1) is 0 Å². The molecule has 0 saturated heterocycles. The Morgan fingerprint density at radius 1 is 0.725 bits per heavy atom. The molecule has 0 bridgehead atoms. The van der Waals surface area contributed by atoms with Gasteiger partial charge in [0.1, 0.15) is 0 Å². The zero-order valence-electron chi connectivity index (χ0n) is 25.8. The molecule has 0 spiro atoms. The summed E-state index contributed by atoms with van der Waals surface area (Å²) < 4.78 is 40.4. The molecule has 0 radical (unpaired) electrons. The number of unbranched alkanes of at least 4 members (excludes halogenated alkanes) is 3. The van der Waals surface area contributed by atoms with Gasteiger partial charge in [-0.05, 0) is 0 Å². The molecule has 0 unspecified atom stereocenters. The SMILES string of the molecule is CCC[CH2][Sn]([CH2]CCC)([CH2]CCC)/[C](=C/c1ccc(OC)c(OCOC)c1)c1cc(OC)c(OC)c(OC)c1Br. The molecule has 224 valence electrons. The fraction of sp³-hybridized carbons (Fsp3) is 0.562. The van der Waals surface area contributed by atoms with Crippen LogP contribution < -0.4 is 23.7 Å². The number of halogens is 1. The van der Waals surface area contributed by atoms with Crippen LogP contribution in [0.4, 0.5) is 0 Å². The van der Waals surface area contributed by atoms with E-state index < -0.39 is 18.4 Å². The molecule has 2 aromatic carbocycles. The van der Waals surface area contributed by atoms with Crippen LogP contribution in [0.15, 0.2) is 28.7 Å². The van der Waals surface area contributed by atoms with Gasteiger partial charge in [-0.1, -0.05) is 0 Å². The van der Waals surface area contributed by atoms with E-state index in [4.69, 9.17) is 28.4 Å². The van der Waals surface area contributed by atoms with E-state index in [0.717, 1.165) is 15.6 Å². The summed E-state index contributed by atoms with van der Waals surface area (Å²) in [6, 6.07) is 8.28. The van der Waals surface area contributed by atoms with Crippen molar-refractivity contribution in [3.05, 3.63) is 39.9 Å². The molecule has 40 heavy (non-hydrogen) atoms. The van der Waals surface area contributed by atoms with Crippen molar-refractivity contribution >= 4 is 44.0 Å². The standard InChI is InChI=1S/C20H22BrO6.3C4H9.Sn/c1-22-12-27-16-10-13(7-9-15(16)23-2)6-8-14-11-17(24-3)19(25-4)20(26-5)18(14)21;3*1-3-4-2;/h6-7,9-11H,12H2,1-5H3;3*1,3-4H2,2H3;. The minimum absolute atomic E-state index is 0.154. The van der Waals surface area contributed by atoms with E-state index >= 15 is 0 Å². The molecule has 6 nitrogen and oxygen atoms in total.